The lowest BCUT2D eigenvalue weighted by Crippen LogP contribution is -2.46. The summed E-state index contributed by atoms with van der Waals surface area (Å²) in [5.74, 6) is -0.868. The molecular weight excluding hydrogens is 427 g/mol. The van der Waals surface area contributed by atoms with Crippen LogP contribution in [-0.2, 0) is 11.2 Å². The molecule has 1 fully saturated rings. The quantitative estimate of drug-likeness (QED) is 0.353. The van der Waals surface area contributed by atoms with Gasteiger partial charge in [-0.1, -0.05) is 44.4 Å². The zero-order valence-electron chi connectivity index (χ0n) is 20.5. The molecule has 2 aliphatic rings. The summed E-state index contributed by atoms with van der Waals surface area (Å²) in [5.41, 5.74) is 9.77. The van der Waals surface area contributed by atoms with Crippen LogP contribution in [0.5, 0.6) is 0 Å². The van der Waals surface area contributed by atoms with E-state index in [4.69, 9.17) is 11.1 Å². The Morgan fingerprint density at radius 2 is 1.97 bits per heavy atom. The van der Waals surface area contributed by atoms with Crippen LogP contribution in [0.4, 0.5) is 10.1 Å². The molecular formula is C28H37FN4O. The van der Waals surface area contributed by atoms with Crippen molar-refractivity contribution in [1.29, 1.82) is 5.41 Å². The van der Waals surface area contributed by atoms with E-state index in [2.05, 4.69) is 31.0 Å². The topological polar surface area (TPSA) is 82.2 Å². The molecule has 0 aromatic heterocycles. The normalized spacial score (nSPS) is 23.8. The summed E-state index contributed by atoms with van der Waals surface area (Å²) in [7, 11) is 0. The third kappa shape index (κ3) is 4.88. The van der Waals surface area contributed by atoms with E-state index in [9.17, 15) is 9.18 Å². The molecule has 4 N–H and O–H groups in total. The lowest BCUT2D eigenvalue weighted by molar-refractivity contribution is -0.117. The van der Waals surface area contributed by atoms with E-state index in [0.29, 0.717) is 29.8 Å². The molecule has 0 spiro atoms. The number of unbranched alkanes of at least 4 members (excludes halogenated alkanes) is 1. The van der Waals surface area contributed by atoms with Gasteiger partial charge in [0.05, 0.1) is 5.92 Å². The van der Waals surface area contributed by atoms with E-state index >= 15 is 0 Å². The van der Waals surface area contributed by atoms with Crippen molar-refractivity contribution in [2.24, 2.45) is 5.73 Å². The summed E-state index contributed by atoms with van der Waals surface area (Å²) < 4.78 is 14.9. The molecule has 5 nitrogen and oxygen atoms in total. The number of rotatable bonds is 7. The number of likely N-dealkylation sites (tertiary alicyclic amines) is 1. The fraction of sp³-hybridized carbons (Fsp3) is 0.500. The van der Waals surface area contributed by atoms with Crippen LogP contribution in [0.3, 0.4) is 0 Å². The van der Waals surface area contributed by atoms with E-state index in [1.54, 1.807) is 12.1 Å². The molecule has 4 unspecified atom stereocenters. The minimum atomic E-state index is -0.404. The Morgan fingerprint density at radius 1 is 1.24 bits per heavy atom. The molecule has 4 atom stereocenters. The highest BCUT2D eigenvalue weighted by Crippen LogP contribution is 2.42. The van der Waals surface area contributed by atoms with Gasteiger partial charge in [0.2, 0.25) is 5.91 Å². The lowest BCUT2D eigenvalue weighted by atomic mass is 9.81. The average molecular weight is 465 g/mol. The summed E-state index contributed by atoms with van der Waals surface area (Å²) in [4.78, 5) is 15.7. The van der Waals surface area contributed by atoms with Crippen molar-refractivity contribution in [2.45, 2.75) is 89.8 Å². The Hall–Kier alpha value is -2.73. The maximum Gasteiger partial charge on any atom is 0.232 e. The number of fused-ring (bicyclic) bond motifs is 1. The Kier molecular flexibility index (Phi) is 7.36. The first-order chi connectivity index (χ1) is 16.3. The van der Waals surface area contributed by atoms with Crippen LogP contribution >= 0.6 is 0 Å². The predicted molar refractivity (Wildman–Crippen MR) is 136 cm³/mol. The van der Waals surface area contributed by atoms with Crippen LogP contribution in [0, 0.1) is 11.2 Å². The van der Waals surface area contributed by atoms with Gasteiger partial charge in [0, 0.05) is 29.4 Å². The van der Waals surface area contributed by atoms with Gasteiger partial charge in [0.1, 0.15) is 11.7 Å². The van der Waals surface area contributed by atoms with Gasteiger partial charge in [-0.25, -0.2) is 4.39 Å². The van der Waals surface area contributed by atoms with Gasteiger partial charge < -0.3 is 11.1 Å². The third-order valence-electron chi connectivity index (χ3n) is 7.64. The molecule has 2 aromatic rings. The van der Waals surface area contributed by atoms with Gasteiger partial charge in [0.25, 0.3) is 0 Å². The van der Waals surface area contributed by atoms with Gasteiger partial charge in [-0.05, 0) is 74.4 Å². The van der Waals surface area contributed by atoms with Crippen LogP contribution in [0.2, 0.25) is 0 Å². The zero-order chi connectivity index (χ0) is 24.4. The number of carbonyl (C=O) groups excluding carboxylic acids is 1. The molecule has 2 heterocycles. The van der Waals surface area contributed by atoms with Crippen molar-refractivity contribution >= 4 is 17.4 Å². The lowest BCUT2D eigenvalue weighted by Gasteiger charge is -2.45. The average Bonchev–Trinajstić information content (AvgIpc) is 2.80. The highest BCUT2D eigenvalue weighted by molar-refractivity contribution is 6.00. The molecule has 0 aliphatic carbocycles. The number of amides is 1. The van der Waals surface area contributed by atoms with Crippen molar-refractivity contribution in [3.8, 4) is 0 Å². The molecule has 182 valence electrons. The fourth-order valence-electron chi connectivity index (χ4n) is 5.92. The number of nitrogen functional groups attached to an aromatic ring is 1. The molecule has 1 saturated heterocycles. The zero-order valence-corrected chi connectivity index (χ0v) is 20.5. The van der Waals surface area contributed by atoms with Gasteiger partial charge in [-0.2, -0.15) is 0 Å². The molecule has 4 rings (SSSR count). The van der Waals surface area contributed by atoms with Gasteiger partial charge >= 0.3 is 0 Å². The van der Waals surface area contributed by atoms with Crippen molar-refractivity contribution in [1.82, 2.24) is 4.90 Å². The number of benzene rings is 2. The van der Waals surface area contributed by atoms with Crippen molar-refractivity contribution in [2.75, 3.05) is 5.32 Å². The number of halogens is 1. The number of hydrogen-bond donors (Lipinski definition) is 3. The van der Waals surface area contributed by atoms with Crippen LogP contribution < -0.4 is 11.1 Å². The number of amidine groups is 1. The Balaban J connectivity index is 1.77. The summed E-state index contributed by atoms with van der Waals surface area (Å²) >= 11 is 0. The third-order valence-corrected chi connectivity index (χ3v) is 7.64. The van der Waals surface area contributed by atoms with Gasteiger partial charge in [-0.3, -0.25) is 15.1 Å². The SMILES string of the molecule is CCCCC(c1cc(F)cc2c1CC(c1cccc(C(=N)N)c1)C(=O)N2)N1C(C)CCCC1C. The van der Waals surface area contributed by atoms with Crippen LogP contribution in [0.15, 0.2) is 36.4 Å². The van der Waals surface area contributed by atoms with Crippen molar-refractivity contribution < 1.29 is 9.18 Å². The van der Waals surface area contributed by atoms with Crippen molar-refractivity contribution in [3.63, 3.8) is 0 Å². The monoisotopic (exact) mass is 464 g/mol. The highest BCUT2D eigenvalue weighted by Gasteiger charge is 2.36. The number of nitrogens with two attached hydrogens (primary N) is 1. The standard InChI is InChI=1S/C28H37FN4O/c1-4-5-12-26(33-17(2)8-6-9-18(33)3)24-14-21(29)15-25-23(24)16-22(28(34)32-25)19-10-7-11-20(13-19)27(30)31/h7,10-11,13-15,17-18,22,26H,4-6,8-9,12,16H2,1-3H3,(H3,30,31)(H,32,34). The number of anilines is 1. The smallest absolute Gasteiger partial charge is 0.232 e. The minimum Gasteiger partial charge on any atom is -0.384 e. The molecule has 0 bridgehead atoms. The largest absolute Gasteiger partial charge is 0.384 e. The second-order valence-corrected chi connectivity index (χ2v) is 10.0. The Morgan fingerprint density at radius 3 is 2.65 bits per heavy atom. The second kappa shape index (κ2) is 10.3. The molecule has 2 aliphatic heterocycles. The number of nitrogens with zero attached hydrogens (tertiary/aromatic N) is 1. The van der Waals surface area contributed by atoms with E-state index in [1.165, 1.54) is 12.5 Å². The van der Waals surface area contributed by atoms with Crippen LogP contribution in [-0.4, -0.2) is 28.7 Å². The van der Waals surface area contributed by atoms with E-state index in [1.807, 2.05) is 18.2 Å². The van der Waals surface area contributed by atoms with Crippen LogP contribution in [0.1, 0.15) is 93.5 Å². The number of piperidine rings is 1. The molecule has 6 heteroatoms. The Labute approximate surface area is 202 Å². The first-order valence-electron chi connectivity index (χ1n) is 12.6. The van der Waals surface area contributed by atoms with E-state index in [-0.39, 0.29) is 23.6 Å². The van der Waals surface area contributed by atoms with E-state index in [0.717, 1.165) is 48.8 Å². The van der Waals surface area contributed by atoms with Gasteiger partial charge in [-0.15, -0.1) is 0 Å². The Bertz CT molecular complexity index is 1060. The summed E-state index contributed by atoms with van der Waals surface area (Å²) in [6.07, 6.45) is 7.18. The second-order valence-electron chi connectivity index (χ2n) is 10.0. The molecule has 34 heavy (non-hydrogen) atoms. The maximum absolute atomic E-state index is 14.9. The van der Waals surface area contributed by atoms with Crippen molar-refractivity contribution in [3.05, 3.63) is 64.5 Å². The van der Waals surface area contributed by atoms with Gasteiger partial charge in [0.15, 0.2) is 0 Å². The fourth-order valence-corrected chi connectivity index (χ4v) is 5.92. The highest BCUT2D eigenvalue weighted by atomic mass is 19.1. The minimum absolute atomic E-state index is 0.0195. The summed E-state index contributed by atoms with van der Waals surface area (Å²) in [6.45, 7) is 6.77. The first kappa shape index (κ1) is 24.4. The molecule has 0 saturated carbocycles. The van der Waals surface area contributed by atoms with Crippen LogP contribution in [0.25, 0.3) is 0 Å². The number of nitrogens with one attached hydrogen (secondary N) is 2. The first-order valence-corrected chi connectivity index (χ1v) is 12.6. The maximum atomic E-state index is 14.9. The molecule has 2 aromatic carbocycles. The predicted octanol–water partition coefficient (Wildman–Crippen LogP) is 5.88. The molecule has 1 amide bonds. The molecule has 0 radical (unpaired) electrons. The summed E-state index contributed by atoms with van der Waals surface area (Å²) in [6, 6.07) is 11.5. The number of hydrogen-bond acceptors (Lipinski definition) is 3. The van der Waals surface area contributed by atoms with E-state index < -0.39 is 5.92 Å². The number of carbonyl (C=O) groups is 1. The summed E-state index contributed by atoms with van der Waals surface area (Å²) in [5, 5.41) is 10.8.